The topological polar surface area (TPSA) is 90.3 Å². The highest BCUT2D eigenvalue weighted by molar-refractivity contribution is 7.91. The summed E-state index contributed by atoms with van der Waals surface area (Å²) < 4.78 is 37.6. The van der Waals surface area contributed by atoms with E-state index in [9.17, 15) is 22.9 Å². The number of halogens is 1. The summed E-state index contributed by atoms with van der Waals surface area (Å²) >= 11 is 1.45. The molecule has 0 radical (unpaired) electrons. The van der Waals surface area contributed by atoms with E-state index < -0.39 is 9.84 Å². The van der Waals surface area contributed by atoms with Gasteiger partial charge in [0, 0.05) is 24.5 Å². The van der Waals surface area contributed by atoms with E-state index in [2.05, 4.69) is 16.3 Å². The van der Waals surface area contributed by atoms with E-state index in [1.807, 2.05) is 6.07 Å². The molecule has 0 fully saturated rings. The fourth-order valence-electron chi connectivity index (χ4n) is 4.83. The highest BCUT2D eigenvalue weighted by Crippen LogP contribution is 2.36. The van der Waals surface area contributed by atoms with Gasteiger partial charge in [0.15, 0.2) is 9.84 Å². The Labute approximate surface area is 207 Å². The fraction of sp³-hybridized carbons (Fsp3) is 0.308. The van der Waals surface area contributed by atoms with Crippen molar-refractivity contribution in [2.75, 3.05) is 24.2 Å². The van der Waals surface area contributed by atoms with Crippen molar-refractivity contribution in [2.45, 2.75) is 37.1 Å². The number of hydrogen-bond acceptors (Lipinski definition) is 6. The number of sulfone groups is 1. The molecule has 3 heterocycles. The molecule has 1 amide bonds. The molecule has 2 aliphatic heterocycles. The predicted molar refractivity (Wildman–Crippen MR) is 133 cm³/mol. The number of amides is 1. The van der Waals surface area contributed by atoms with Gasteiger partial charge in [-0.25, -0.2) is 12.8 Å². The molecule has 3 aromatic rings. The number of nitrogens with one attached hydrogen (secondary N) is 1. The molecular weight excluding hydrogens is 485 g/mol. The molecule has 1 aromatic heterocycles. The van der Waals surface area contributed by atoms with Crippen molar-refractivity contribution in [1.29, 1.82) is 5.26 Å². The van der Waals surface area contributed by atoms with Gasteiger partial charge in [0.2, 0.25) is 5.91 Å². The SMILES string of the molecule is N#Cc1c(NC(=O)Cc2ccc3c(c2)CCS3(=O)=O)sc2c1CCN(Cc1cccc(F)c1)CC2. The number of nitrogens with zero attached hydrogens (tertiary/aromatic N) is 2. The zero-order chi connectivity index (χ0) is 24.6. The summed E-state index contributed by atoms with van der Waals surface area (Å²) in [6, 6.07) is 14.0. The number of carbonyl (C=O) groups excluding carboxylic acids is 1. The molecule has 0 saturated heterocycles. The number of carbonyl (C=O) groups is 1. The number of aryl methyl sites for hydroxylation is 1. The third kappa shape index (κ3) is 5.01. The molecule has 0 aliphatic carbocycles. The van der Waals surface area contributed by atoms with Gasteiger partial charge in [-0.05, 0) is 59.7 Å². The number of thiophene rings is 1. The van der Waals surface area contributed by atoms with Gasteiger partial charge >= 0.3 is 0 Å². The normalized spacial score (nSPS) is 16.7. The van der Waals surface area contributed by atoms with Crippen LogP contribution in [0, 0.1) is 17.1 Å². The summed E-state index contributed by atoms with van der Waals surface area (Å²) in [6.45, 7) is 2.20. The monoisotopic (exact) mass is 509 g/mol. The Bertz CT molecular complexity index is 1460. The molecule has 1 N–H and O–H groups in total. The zero-order valence-electron chi connectivity index (χ0n) is 19.0. The lowest BCUT2D eigenvalue weighted by Crippen LogP contribution is -2.26. The lowest BCUT2D eigenvalue weighted by molar-refractivity contribution is -0.115. The maximum atomic E-state index is 13.5. The van der Waals surface area contributed by atoms with Gasteiger partial charge in [-0.15, -0.1) is 11.3 Å². The van der Waals surface area contributed by atoms with Crippen molar-refractivity contribution < 1.29 is 17.6 Å². The molecule has 35 heavy (non-hydrogen) atoms. The van der Waals surface area contributed by atoms with Crippen LogP contribution in [-0.4, -0.2) is 38.1 Å². The quantitative estimate of drug-likeness (QED) is 0.564. The number of rotatable bonds is 5. The molecule has 6 nitrogen and oxygen atoms in total. The Morgan fingerprint density at radius 3 is 2.74 bits per heavy atom. The standard InChI is InChI=1S/C26H24FN3O3S2/c27-20-3-1-2-18(13-20)16-30-9-6-21-22(15-28)26(34-23(21)7-10-30)29-25(31)14-17-4-5-24-19(12-17)8-11-35(24,32)33/h1-5,12-13H,6-11,14,16H2,(H,29,31). The van der Waals surface area contributed by atoms with Crippen molar-refractivity contribution in [3.63, 3.8) is 0 Å². The first-order valence-corrected chi connectivity index (χ1v) is 13.9. The van der Waals surface area contributed by atoms with Crippen molar-refractivity contribution in [3.8, 4) is 6.07 Å². The molecule has 9 heteroatoms. The highest BCUT2D eigenvalue weighted by Gasteiger charge is 2.27. The van der Waals surface area contributed by atoms with Crippen LogP contribution in [0.1, 0.15) is 32.7 Å². The van der Waals surface area contributed by atoms with Crippen LogP contribution in [0.2, 0.25) is 0 Å². The fourth-order valence-corrected chi connectivity index (χ4v) is 7.58. The second-order valence-electron chi connectivity index (χ2n) is 8.96. The lowest BCUT2D eigenvalue weighted by atomic mass is 10.1. The Morgan fingerprint density at radius 1 is 1.11 bits per heavy atom. The number of benzene rings is 2. The van der Waals surface area contributed by atoms with Gasteiger partial charge in [-0.3, -0.25) is 9.69 Å². The van der Waals surface area contributed by atoms with Crippen LogP contribution in [0.5, 0.6) is 0 Å². The summed E-state index contributed by atoms with van der Waals surface area (Å²) in [7, 11) is -3.19. The number of hydrogen-bond donors (Lipinski definition) is 1. The van der Waals surface area contributed by atoms with Gasteiger partial charge in [0.25, 0.3) is 0 Å². The van der Waals surface area contributed by atoms with Crippen molar-refractivity contribution in [2.24, 2.45) is 0 Å². The second-order valence-corrected chi connectivity index (χ2v) is 12.1. The molecular formula is C26H24FN3O3S2. The maximum absolute atomic E-state index is 13.5. The first-order valence-electron chi connectivity index (χ1n) is 11.5. The summed E-state index contributed by atoms with van der Waals surface area (Å²) in [4.78, 5) is 16.5. The maximum Gasteiger partial charge on any atom is 0.229 e. The average molecular weight is 510 g/mol. The van der Waals surface area contributed by atoms with Crippen LogP contribution in [0.3, 0.4) is 0 Å². The summed E-state index contributed by atoms with van der Waals surface area (Å²) in [5.41, 5.74) is 3.94. The largest absolute Gasteiger partial charge is 0.316 e. The van der Waals surface area contributed by atoms with E-state index in [-0.39, 0.29) is 23.9 Å². The molecule has 5 rings (SSSR count). The van der Waals surface area contributed by atoms with Crippen LogP contribution in [0.25, 0.3) is 0 Å². The van der Waals surface area contributed by atoms with Gasteiger partial charge in [-0.1, -0.05) is 24.3 Å². The minimum absolute atomic E-state index is 0.113. The van der Waals surface area contributed by atoms with E-state index >= 15 is 0 Å². The summed E-state index contributed by atoms with van der Waals surface area (Å²) in [5.74, 6) is -0.357. The van der Waals surface area contributed by atoms with Crippen molar-refractivity contribution >= 4 is 32.1 Å². The molecule has 2 aromatic carbocycles. The molecule has 0 saturated carbocycles. The van der Waals surface area contributed by atoms with E-state index in [0.29, 0.717) is 34.8 Å². The van der Waals surface area contributed by atoms with E-state index in [1.54, 1.807) is 30.3 Å². The number of anilines is 1. The van der Waals surface area contributed by atoms with E-state index in [4.69, 9.17) is 0 Å². The zero-order valence-corrected chi connectivity index (χ0v) is 20.6. The minimum Gasteiger partial charge on any atom is -0.316 e. The molecule has 0 atom stereocenters. The van der Waals surface area contributed by atoms with E-state index in [0.717, 1.165) is 46.6 Å². The average Bonchev–Trinajstić information content (AvgIpc) is 3.22. The Kier molecular flexibility index (Phi) is 6.45. The van der Waals surface area contributed by atoms with Crippen LogP contribution in [0.4, 0.5) is 9.39 Å². The lowest BCUT2D eigenvalue weighted by Gasteiger charge is -2.20. The third-order valence-corrected chi connectivity index (χ3v) is 9.57. The van der Waals surface area contributed by atoms with Crippen LogP contribution in [-0.2, 0) is 46.9 Å². The third-order valence-electron chi connectivity index (χ3n) is 6.55. The highest BCUT2D eigenvalue weighted by atomic mass is 32.2. The Balaban J connectivity index is 1.26. The Morgan fingerprint density at radius 2 is 1.94 bits per heavy atom. The van der Waals surface area contributed by atoms with Gasteiger partial charge in [0.1, 0.15) is 16.9 Å². The second kappa shape index (κ2) is 9.53. The van der Waals surface area contributed by atoms with E-state index in [1.165, 1.54) is 17.4 Å². The molecule has 0 unspecified atom stereocenters. The first kappa shape index (κ1) is 23.7. The first-order chi connectivity index (χ1) is 16.8. The number of nitriles is 1. The van der Waals surface area contributed by atoms with Crippen LogP contribution in [0.15, 0.2) is 47.4 Å². The van der Waals surface area contributed by atoms with Crippen molar-refractivity contribution in [1.82, 2.24) is 4.90 Å². The van der Waals surface area contributed by atoms with Gasteiger partial charge in [-0.2, -0.15) is 5.26 Å². The van der Waals surface area contributed by atoms with Crippen molar-refractivity contribution in [3.05, 3.63) is 81.0 Å². The predicted octanol–water partition coefficient (Wildman–Crippen LogP) is 3.87. The molecule has 0 bridgehead atoms. The van der Waals surface area contributed by atoms with Gasteiger partial charge < -0.3 is 5.32 Å². The summed E-state index contributed by atoms with van der Waals surface area (Å²) in [5, 5.41) is 13.3. The Hall–Kier alpha value is -3.06. The van der Waals surface area contributed by atoms with Gasteiger partial charge in [0.05, 0.1) is 22.6 Å². The minimum atomic E-state index is -3.19. The smallest absolute Gasteiger partial charge is 0.229 e. The molecule has 180 valence electrons. The summed E-state index contributed by atoms with van der Waals surface area (Å²) in [6.07, 6.45) is 2.04. The van der Waals surface area contributed by atoms with Crippen LogP contribution >= 0.6 is 11.3 Å². The molecule has 2 aliphatic rings. The van der Waals surface area contributed by atoms with Crippen LogP contribution < -0.4 is 5.32 Å². The molecule has 0 spiro atoms. The number of fused-ring (bicyclic) bond motifs is 2.